The van der Waals surface area contributed by atoms with E-state index >= 15 is 0 Å². The average Bonchev–Trinajstić information content (AvgIpc) is 2.73. The van der Waals surface area contributed by atoms with Crippen molar-refractivity contribution in [1.82, 2.24) is 10.2 Å². The van der Waals surface area contributed by atoms with Crippen LogP contribution in [0.15, 0.2) is 42.5 Å². The first-order valence-electron chi connectivity index (χ1n) is 9.93. The number of halogens is 3. The van der Waals surface area contributed by atoms with Gasteiger partial charge in [0.1, 0.15) is 17.5 Å². The molecule has 1 aliphatic heterocycles. The molecule has 1 fully saturated rings. The Hall–Kier alpha value is -3.03. The van der Waals surface area contributed by atoms with Gasteiger partial charge in [0, 0.05) is 43.4 Å². The van der Waals surface area contributed by atoms with Gasteiger partial charge >= 0.3 is 6.03 Å². The van der Waals surface area contributed by atoms with E-state index in [4.69, 9.17) is 0 Å². The molecule has 0 radical (unpaired) electrons. The summed E-state index contributed by atoms with van der Waals surface area (Å²) in [6.45, 7) is 1.16. The molecule has 1 unspecified atom stereocenters. The van der Waals surface area contributed by atoms with E-state index < -0.39 is 11.6 Å². The Kier molecular flexibility index (Phi) is 7.32. The van der Waals surface area contributed by atoms with Crippen LogP contribution in [0, 0.1) is 23.4 Å². The fraction of sp³-hybridized carbons (Fsp3) is 0.364. The van der Waals surface area contributed by atoms with E-state index in [2.05, 4.69) is 10.6 Å². The SMILES string of the molecule is O=C(CCC1CCCN(C(=O)Nc2ccc(F)cc2)C1)NCc1ccc(F)cc1F. The molecule has 3 rings (SSSR count). The summed E-state index contributed by atoms with van der Waals surface area (Å²) in [5.41, 5.74) is 0.752. The van der Waals surface area contributed by atoms with Gasteiger partial charge in [0.15, 0.2) is 0 Å². The summed E-state index contributed by atoms with van der Waals surface area (Å²) in [6.07, 6.45) is 2.63. The van der Waals surface area contributed by atoms with Gasteiger partial charge in [-0.3, -0.25) is 4.79 Å². The molecule has 3 amide bonds. The lowest BCUT2D eigenvalue weighted by Gasteiger charge is -2.32. The Morgan fingerprint density at radius 3 is 2.50 bits per heavy atom. The van der Waals surface area contributed by atoms with Crippen molar-refractivity contribution < 1.29 is 22.8 Å². The van der Waals surface area contributed by atoms with E-state index in [9.17, 15) is 22.8 Å². The lowest BCUT2D eigenvalue weighted by atomic mass is 9.93. The predicted molar refractivity (Wildman–Crippen MR) is 107 cm³/mol. The van der Waals surface area contributed by atoms with E-state index in [1.807, 2.05) is 0 Å². The van der Waals surface area contributed by atoms with E-state index in [0.29, 0.717) is 25.2 Å². The molecule has 0 spiro atoms. The normalized spacial score (nSPS) is 16.2. The first-order valence-corrected chi connectivity index (χ1v) is 9.93. The molecule has 1 saturated heterocycles. The zero-order valence-corrected chi connectivity index (χ0v) is 16.5. The lowest BCUT2D eigenvalue weighted by molar-refractivity contribution is -0.121. The molecule has 0 aromatic heterocycles. The molecule has 2 N–H and O–H groups in total. The highest BCUT2D eigenvalue weighted by atomic mass is 19.1. The van der Waals surface area contributed by atoms with Gasteiger partial charge in [-0.05, 0) is 55.5 Å². The Morgan fingerprint density at radius 2 is 1.77 bits per heavy atom. The molecule has 2 aromatic rings. The number of benzene rings is 2. The topological polar surface area (TPSA) is 61.4 Å². The molecular formula is C22H24F3N3O2. The Balaban J connectivity index is 1.42. The number of piperidine rings is 1. The zero-order chi connectivity index (χ0) is 21.5. The molecule has 5 nitrogen and oxygen atoms in total. The standard InChI is InChI=1S/C22H24F3N3O2/c23-17-6-8-19(9-7-17)27-22(30)28-11-1-2-15(14-28)3-10-21(29)26-13-16-4-5-18(24)12-20(16)25/h4-9,12,15H,1-3,10-11,13-14H2,(H,26,29)(H,27,30). The lowest BCUT2D eigenvalue weighted by Crippen LogP contribution is -2.42. The average molecular weight is 419 g/mol. The summed E-state index contributed by atoms with van der Waals surface area (Å²) in [4.78, 5) is 26.2. The van der Waals surface area contributed by atoms with E-state index in [1.54, 1.807) is 4.90 Å². The largest absolute Gasteiger partial charge is 0.352 e. The minimum Gasteiger partial charge on any atom is -0.352 e. The number of rotatable bonds is 6. The van der Waals surface area contributed by atoms with Crippen LogP contribution < -0.4 is 10.6 Å². The van der Waals surface area contributed by atoms with Crippen LogP contribution in [0.25, 0.3) is 0 Å². The number of nitrogens with one attached hydrogen (secondary N) is 2. The third-order valence-corrected chi connectivity index (χ3v) is 5.17. The molecule has 2 aromatic carbocycles. The molecule has 1 heterocycles. The Bertz CT molecular complexity index is 890. The van der Waals surface area contributed by atoms with Crippen LogP contribution in [0.5, 0.6) is 0 Å². The number of anilines is 1. The number of likely N-dealkylation sites (tertiary alicyclic amines) is 1. The Morgan fingerprint density at radius 1 is 1.03 bits per heavy atom. The summed E-state index contributed by atoms with van der Waals surface area (Å²) >= 11 is 0. The van der Waals surface area contributed by atoms with Crippen molar-refractivity contribution in [2.45, 2.75) is 32.2 Å². The van der Waals surface area contributed by atoms with Crippen molar-refractivity contribution in [3.05, 3.63) is 65.5 Å². The fourth-order valence-electron chi connectivity index (χ4n) is 3.50. The van der Waals surface area contributed by atoms with E-state index in [1.165, 1.54) is 30.3 Å². The number of carbonyl (C=O) groups excluding carboxylic acids is 2. The van der Waals surface area contributed by atoms with Crippen molar-refractivity contribution >= 4 is 17.6 Å². The van der Waals surface area contributed by atoms with Gasteiger partial charge in [-0.1, -0.05) is 6.07 Å². The second-order valence-electron chi connectivity index (χ2n) is 7.44. The van der Waals surface area contributed by atoms with Gasteiger partial charge in [-0.2, -0.15) is 0 Å². The summed E-state index contributed by atoms with van der Waals surface area (Å²) < 4.78 is 39.5. The summed E-state index contributed by atoms with van der Waals surface area (Å²) in [5, 5.41) is 5.40. The summed E-state index contributed by atoms with van der Waals surface area (Å²) in [6, 6.07) is 8.57. The number of nitrogens with zero attached hydrogens (tertiary/aromatic N) is 1. The second kappa shape index (κ2) is 10.1. The smallest absolute Gasteiger partial charge is 0.321 e. The van der Waals surface area contributed by atoms with Crippen LogP contribution >= 0.6 is 0 Å². The zero-order valence-electron chi connectivity index (χ0n) is 16.5. The third kappa shape index (κ3) is 6.23. The van der Waals surface area contributed by atoms with Crippen LogP contribution in [-0.2, 0) is 11.3 Å². The Labute approximate surface area is 173 Å². The van der Waals surface area contributed by atoms with E-state index in [-0.39, 0.29) is 42.2 Å². The molecule has 8 heteroatoms. The molecule has 1 aliphatic rings. The summed E-state index contributed by atoms with van der Waals surface area (Å²) in [7, 11) is 0. The maximum Gasteiger partial charge on any atom is 0.321 e. The van der Waals surface area contributed by atoms with Crippen LogP contribution in [-0.4, -0.2) is 29.9 Å². The van der Waals surface area contributed by atoms with Gasteiger partial charge in [0.05, 0.1) is 0 Å². The first-order chi connectivity index (χ1) is 14.4. The molecule has 160 valence electrons. The highest BCUT2D eigenvalue weighted by Gasteiger charge is 2.24. The minimum atomic E-state index is -0.689. The third-order valence-electron chi connectivity index (χ3n) is 5.17. The maximum atomic E-state index is 13.6. The molecule has 0 bridgehead atoms. The van der Waals surface area contributed by atoms with Crippen LogP contribution in [0.4, 0.5) is 23.7 Å². The van der Waals surface area contributed by atoms with Crippen molar-refractivity contribution in [2.75, 3.05) is 18.4 Å². The monoisotopic (exact) mass is 419 g/mol. The molecule has 0 saturated carbocycles. The van der Waals surface area contributed by atoms with Crippen LogP contribution in [0.3, 0.4) is 0 Å². The van der Waals surface area contributed by atoms with E-state index in [0.717, 1.165) is 25.0 Å². The van der Waals surface area contributed by atoms with Gasteiger partial charge in [-0.25, -0.2) is 18.0 Å². The predicted octanol–water partition coefficient (Wildman–Crippen LogP) is 4.44. The number of amides is 3. The molecule has 1 atom stereocenters. The van der Waals surface area contributed by atoms with Crippen LogP contribution in [0.2, 0.25) is 0 Å². The van der Waals surface area contributed by atoms with Crippen LogP contribution in [0.1, 0.15) is 31.2 Å². The fourth-order valence-corrected chi connectivity index (χ4v) is 3.50. The number of carbonyl (C=O) groups is 2. The number of urea groups is 1. The van der Waals surface area contributed by atoms with Crippen molar-refractivity contribution in [1.29, 1.82) is 0 Å². The quantitative estimate of drug-likeness (QED) is 0.727. The minimum absolute atomic E-state index is 0.00180. The van der Waals surface area contributed by atoms with Crippen molar-refractivity contribution in [3.63, 3.8) is 0 Å². The van der Waals surface area contributed by atoms with Gasteiger partial charge < -0.3 is 15.5 Å². The van der Waals surface area contributed by atoms with Crippen molar-refractivity contribution in [2.24, 2.45) is 5.92 Å². The molecular weight excluding hydrogens is 395 g/mol. The highest BCUT2D eigenvalue weighted by Crippen LogP contribution is 2.22. The number of hydrogen-bond donors (Lipinski definition) is 2. The number of hydrogen-bond acceptors (Lipinski definition) is 2. The first kappa shape index (κ1) is 21.7. The maximum absolute atomic E-state index is 13.6. The van der Waals surface area contributed by atoms with Gasteiger partial charge in [0.25, 0.3) is 0 Å². The van der Waals surface area contributed by atoms with Gasteiger partial charge in [0.2, 0.25) is 5.91 Å². The van der Waals surface area contributed by atoms with Crippen molar-refractivity contribution in [3.8, 4) is 0 Å². The summed E-state index contributed by atoms with van der Waals surface area (Å²) in [5.74, 6) is -1.75. The van der Waals surface area contributed by atoms with Gasteiger partial charge in [-0.15, -0.1) is 0 Å². The highest BCUT2D eigenvalue weighted by molar-refractivity contribution is 5.89. The molecule has 0 aliphatic carbocycles. The molecule has 30 heavy (non-hydrogen) atoms. The second-order valence-corrected chi connectivity index (χ2v) is 7.44.